The Bertz CT molecular complexity index is 846. The summed E-state index contributed by atoms with van der Waals surface area (Å²) >= 11 is 2.69. The molecule has 1 atom stereocenters. The predicted octanol–water partition coefficient (Wildman–Crippen LogP) is 2.85. The quantitative estimate of drug-likeness (QED) is 0.704. The Kier molecular flexibility index (Phi) is 4.91. The maximum absolute atomic E-state index is 12.3. The van der Waals surface area contributed by atoms with Gasteiger partial charge in [0.25, 0.3) is 0 Å². The number of aryl methyl sites for hydroxylation is 1. The minimum atomic E-state index is -0.358. The highest BCUT2D eigenvalue weighted by Gasteiger charge is 2.20. The van der Waals surface area contributed by atoms with Crippen LogP contribution in [-0.2, 0) is 4.79 Å². The second-order valence-electron chi connectivity index (χ2n) is 5.18. The number of tetrazole rings is 1. The lowest BCUT2D eigenvalue weighted by Crippen LogP contribution is -2.22. The van der Waals surface area contributed by atoms with E-state index in [2.05, 4.69) is 25.8 Å². The Morgan fingerprint density at radius 1 is 1.38 bits per heavy atom. The van der Waals surface area contributed by atoms with Gasteiger partial charge >= 0.3 is 0 Å². The molecule has 24 heavy (non-hydrogen) atoms. The van der Waals surface area contributed by atoms with Gasteiger partial charge in [-0.05, 0) is 48.4 Å². The molecular weight excluding hydrogens is 344 g/mol. The largest absolute Gasteiger partial charge is 0.301 e. The summed E-state index contributed by atoms with van der Waals surface area (Å²) < 4.78 is 1.67. The summed E-state index contributed by atoms with van der Waals surface area (Å²) in [5.41, 5.74) is 3.18. The van der Waals surface area contributed by atoms with E-state index in [1.54, 1.807) is 10.9 Å². The van der Waals surface area contributed by atoms with Crippen molar-refractivity contribution < 1.29 is 4.79 Å². The van der Waals surface area contributed by atoms with Crippen LogP contribution in [0.5, 0.6) is 0 Å². The number of nitrogens with zero attached hydrogens (tertiary/aromatic N) is 5. The van der Waals surface area contributed by atoms with Crippen LogP contribution in [0.15, 0.2) is 34.9 Å². The van der Waals surface area contributed by atoms with Crippen LogP contribution in [0.25, 0.3) is 5.69 Å². The fourth-order valence-electron chi connectivity index (χ4n) is 2.07. The van der Waals surface area contributed by atoms with Crippen LogP contribution in [0, 0.1) is 13.8 Å². The molecule has 0 saturated heterocycles. The van der Waals surface area contributed by atoms with Crippen molar-refractivity contribution in [2.45, 2.75) is 31.2 Å². The molecule has 0 aliphatic heterocycles. The van der Waals surface area contributed by atoms with Gasteiger partial charge in [-0.15, -0.1) is 16.4 Å². The molecule has 9 heteroatoms. The highest BCUT2D eigenvalue weighted by atomic mass is 32.2. The summed E-state index contributed by atoms with van der Waals surface area (Å²) in [6, 6.07) is 5.97. The van der Waals surface area contributed by atoms with Crippen molar-refractivity contribution in [3.8, 4) is 5.69 Å². The molecule has 0 aliphatic rings. The van der Waals surface area contributed by atoms with Gasteiger partial charge in [-0.2, -0.15) is 4.68 Å². The third kappa shape index (κ3) is 3.46. The van der Waals surface area contributed by atoms with E-state index in [1.165, 1.54) is 23.1 Å². The zero-order valence-electron chi connectivity index (χ0n) is 13.4. The number of aromatic nitrogens is 5. The molecule has 2 aromatic heterocycles. The molecular formula is C15H16N6OS2. The summed E-state index contributed by atoms with van der Waals surface area (Å²) in [4.78, 5) is 16.3. The van der Waals surface area contributed by atoms with Crippen molar-refractivity contribution in [3.63, 3.8) is 0 Å². The van der Waals surface area contributed by atoms with Gasteiger partial charge in [0.2, 0.25) is 11.1 Å². The number of carbonyl (C=O) groups excluding carboxylic acids is 1. The molecule has 0 bridgehead atoms. The normalized spacial score (nSPS) is 12.1. The highest BCUT2D eigenvalue weighted by molar-refractivity contribution is 8.00. The van der Waals surface area contributed by atoms with Crippen molar-refractivity contribution in [1.82, 2.24) is 25.2 Å². The minimum absolute atomic E-state index is 0.134. The van der Waals surface area contributed by atoms with Crippen LogP contribution in [0.1, 0.15) is 18.1 Å². The topological polar surface area (TPSA) is 85.6 Å². The number of amides is 1. The second kappa shape index (κ2) is 7.10. The van der Waals surface area contributed by atoms with E-state index in [-0.39, 0.29) is 11.2 Å². The molecule has 0 aliphatic carbocycles. The Morgan fingerprint density at radius 3 is 2.96 bits per heavy atom. The molecule has 124 valence electrons. The lowest BCUT2D eigenvalue weighted by Gasteiger charge is -2.12. The average Bonchev–Trinajstić information content (AvgIpc) is 3.22. The van der Waals surface area contributed by atoms with E-state index < -0.39 is 0 Å². The van der Waals surface area contributed by atoms with Crippen molar-refractivity contribution in [1.29, 1.82) is 0 Å². The van der Waals surface area contributed by atoms with Crippen LogP contribution in [0.4, 0.5) is 5.13 Å². The van der Waals surface area contributed by atoms with E-state index in [0.717, 1.165) is 16.8 Å². The molecule has 2 heterocycles. The number of carbonyl (C=O) groups is 1. The Labute approximate surface area is 147 Å². The van der Waals surface area contributed by atoms with E-state index in [1.807, 2.05) is 44.4 Å². The van der Waals surface area contributed by atoms with Gasteiger partial charge in [-0.3, -0.25) is 4.79 Å². The van der Waals surface area contributed by atoms with Crippen molar-refractivity contribution in [2.75, 3.05) is 5.32 Å². The molecule has 3 rings (SSSR count). The first-order valence-electron chi connectivity index (χ1n) is 7.28. The van der Waals surface area contributed by atoms with Crippen molar-refractivity contribution in [3.05, 3.63) is 40.9 Å². The first-order chi connectivity index (χ1) is 11.6. The summed E-state index contributed by atoms with van der Waals surface area (Å²) in [5, 5.41) is 17.3. The van der Waals surface area contributed by atoms with Crippen LogP contribution in [0.2, 0.25) is 0 Å². The number of hydrogen-bond donors (Lipinski definition) is 1. The second-order valence-corrected chi connectivity index (χ2v) is 7.38. The summed E-state index contributed by atoms with van der Waals surface area (Å²) in [6.45, 7) is 5.88. The molecule has 1 amide bonds. The fourth-order valence-corrected chi connectivity index (χ4v) is 3.40. The third-order valence-electron chi connectivity index (χ3n) is 3.56. The van der Waals surface area contributed by atoms with Crippen molar-refractivity contribution in [2.24, 2.45) is 0 Å². The molecule has 1 aromatic carbocycles. The number of nitrogens with one attached hydrogen (secondary N) is 1. The molecule has 0 saturated carbocycles. The molecule has 0 unspecified atom stereocenters. The van der Waals surface area contributed by atoms with Gasteiger partial charge in [0, 0.05) is 11.6 Å². The van der Waals surface area contributed by atoms with Gasteiger partial charge in [-0.1, -0.05) is 23.9 Å². The first kappa shape index (κ1) is 16.6. The zero-order chi connectivity index (χ0) is 17.1. The van der Waals surface area contributed by atoms with Gasteiger partial charge in [0.15, 0.2) is 5.13 Å². The molecule has 0 fully saturated rings. The molecule has 0 radical (unpaired) electrons. The highest BCUT2D eigenvalue weighted by Crippen LogP contribution is 2.26. The number of hydrogen-bond acceptors (Lipinski definition) is 7. The monoisotopic (exact) mass is 360 g/mol. The number of thioether (sulfide) groups is 1. The summed E-state index contributed by atoms with van der Waals surface area (Å²) in [7, 11) is 0. The predicted molar refractivity (Wildman–Crippen MR) is 94.7 cm³/mol. The minimum Gasteiger partial charge on any atom is -0.301 e. The molecule has 7 nitrogen and oxygen atoms in total. The first-order valence-corrected chi connectivity index (χ1v) is 9.04. The van der Waals surface area contributed by atoms with Gasteiger partial charge in [0.05, 0.1) is 10.9 Å². The molecule has 0 spiro atoms. The van der Waals surface area contributed by atoms with Crippen molar-refractivity contribution >= 4 is 34.1 Å². The van der Waals surface area contributed by atoms with E-state index in [9.17, 15) is 4.79 Å². The van der Waals surface area contributed by atoms with Crippen LogP contribution >= 0.6 is 23.1 Å². The zero-order valence-corrected chi connectivity index (χ0v) is 15.1. The fraction of sp³-hybridized carbons (Fsp3) is 0.267. The average molecular weight is 360 g/mol. The standard InChI is InChI=1S/C15H16N6OS2/c1-9-5-4-6-12(10(9)2)21-15(18-19-20-21)24-11(3)13(22)17-14-16-7-8-23-14/h4-8,11H,1-3H3,(H,16,17,22)/t11-/m0/s1. The lowest BCUT2D eigenvalue weighted by molar-refractivity contribution is -0.115. The number of benzene rings is 1. The van der Waals surface area contributed by atoms with E-state index in [0.29, 0.717) is 10.3 Å². The molecule has 1 N–H and O–H groups in total. The van der Waals surface area contributed by atoms with E-state index >= 15 is 0 Å². The van der Waals surface area contributed by atoms with Crippen LogP contribution in [0.3, 0.4) is 0 Å². The SMILES string of the molecule is Cc1cccc(-n2nnnc2S[C@@H](C)C(=O)Nc2nccs2)c1C. The number of anilines is 1. The number of thiazole rings is 1. The maximum Gasteiger partial charge on any atom is 0.239 e. The maximum atomic E-state index is 12.3. The summed E-state index contributed by atoms with van der Waals surface area (Å²) in [5.74, 6) is -0.134. The third-order valence-corrected chi connectivity index (χ3v) is 5.28. The smallest absolute Gasteiger partial charge is 0.239 e. The van der Waals surface area contributed by atoms with Crippen LogP contribution in [-0.4, -0.2) is 36.3 Å². The lowest BCUT2D eigenvalue weighted by atomic mass is 10.1. The Morgan fingerprint density at radius 2 is 2.21 bits per heavy atom. The summed E-state index contributed by atoms with van der Waals surface area (Å²) in [6.07, 6.45) is 1.65. The number of rotatable bonds is 5. The van der Waals surface area contributed by atoms with E-state index in [4.69, 9.17) is 0 Å². The Hall–Kier alpha value is -2.26. The van der Waals surface area contributed by atoms with Gasteiger partial charge in [-0.25, -0.2) is 4.98 Å². The van der Waals surface area contributed by atoms with Gasteiger partial charge < -0.3 is 5.32 Å². The molecule has 3 aromatic rings. The van der Waals surface area contributed by atoms with Crippen LogP contribution < -0.4 is 5.32 Å². The van der Waals surface area contributed by atoms with Gasteiger partial charge in [0.1, 0.15) is 0 Å². The Balaban J connectivity index is 1.78.